The molecule has 1 amide bonds. The van der Waals surface area contributed by atoms with Gasteiger partial charge in [0.1, 0.15) is 16.8 Å². The highest BCUT2D eigenvalue weighted by atomic mass is 32.1. The van der Waals surface area contributed by atoms with Gasteiger partial charge in [0.2, 0.25) is 0 Å². The van der Waals surface area contributed by atoms with E-state index in [4.69, 9.17) is 4.52 Å². The van der Waals surface area contributed by atoms with Crippen molar-refractivity contribution in [1.29, 1.82) is 0 Å². The van der Waals surface area contributed by atoms with Crippen LogP contribution in [0.4, 0.5) is 18.2 Å². The highest BCUT2D eigenvalue weighted by Crippen LogP contribution is 2.31. The van der Waals surface area contributed by atoms with E-state index in [1.165, 1.54) is 23.7 Å². The number of thiazole rings is 1. The Kier molecular flexibility index (Phi) is 4.82. The molecule has 2 aromatic heterocycles. The number of anilines is 1. The van der Waals surface area contributed by atoms with Gasteiger partial charge in [-0.05, 0) is 25.5 Å². The number of rotatable bonds is 4. The molecule has 0 fully saturated rings. The molecule has 0 saturated heterocycles. The van der Waals surface area contributed by atoms with Gasteiger partial charge in [-0.25, -0.2) is 4.98 Å². The minimum atomic E-state index is -4.38. The quantitative estimate of drug-likeness (QED) is 0.717. The Morgan fingerprint density at radius 3 is 2.69 bits per heavy atom. The van der Waals surface area contributed by atoms with Gasteiger partial charge in [-0.2, -0.15) is 13.2 Å². The average molecular weight is 381 g/mol. The fourth-order valence-electron chi connectivity index (χ4n) is 2.36. The molecule has 0 bridgehead atoms. The van der Waals surface area contributed by atoms with E-state index >= 15 is 0 Å². The van der Waals surface area contributed by atoms with Crippen molar-refractivity contribution < 1.29 is 22.5 Å². The Morgan fingerprint density at radius 1 is 1.27 bits per heavy atom. The molecule has 5 nitrogen and oxygen atoms in total. The average Bonchev–Trinajstić information content (AvgIpc) is 3.13. The van der Waals surface area contributed by atoms with Crippen molar-refractivity contribution in [3.05, 3.63) is 63.6 Å². The molecule has 0 radical (unpaired) electrons. The van der Waals surface area contributed by atoms with Gasteiger partial charge in [-0.15, -0.1) is 11.3 Å². The van der Waals surface area contributed by atoms with Gasteiger partial charge in [-0.3, -0.25) is 4.79 Å². The van der Waals surface area contributed by atoms with Crippen LogP contribution in [-0.2, 0) is 12.6 Å². The predicted molar refractivity (Wildman–Crippen MR) is 90.3 cm³/mol. The van der Waals surface area contributed by atoms with E-state index in [2.05, 4.69) is 15.5 Å². The van der Waals surface area contributed by atoms with Crippen LogP contribution in [0.25, 0.3) is 0 Å². The van der Waals surface area contributed by atoms with Crippen molar-refractivity contribution in [2.75, 3.05) is 5.32 Å². The molecule has 2 heterocycles. The topological polar surface area (TPSA) is 68.0 Å². The summed E-state index contributed by atoms with van der Waals surface area (Å²) in [5.74, 6) is -0.374. The maximum absolute atomic E-state index is 12.8. The van der Waals surface area contributed by atoms with Crippen LogP contribution in [0.3, 0.4) is 0 Å². The summed E-state index contributed by atoms with van der Waals surface area (Å²) in [7, 11) is 0. The molecule has 0 aliphatic heterocycles. The third kappa shape index (κ3) is 3.93. The molecule has 3 aromatic rings. The van der Waals surface area contributed by atoms with Crippen molar-refractivity contribution in [2.24, 2.45) is 0 Å². The zero-order chi connectivity index (χ0) is 18.9. The van der Waals surface area contributed by atoms with Crippen LogP contribution in [-0.4, -0.2) is 16.0 Å². The lowest BCUT2D eigenvalue weighted by Gasteiger charge is -2.07. The van der Waals surface area contributed by atoms with E-state index in [-0.39, 0.29) is 12.3 Å². The molecular formula is C17H14F3N3O2S. The van der Waals surface area contributed by atoms with E-state index in [1.54, 1.807) is 19.9 Å². The van der Waals surface area contributed by atoms with Gasteiger partial charge in [0.15, 0.2) is 0 Å². The van der Waals surface area contributed by atoms with Gasteiger partial charge in [-0.1, -0.05) is 23.4 Å². The molecule has 136 valence electrons. The first-order valence-electron chi connectivity index (χ1n) is 7.59. The van der Waals surface area contributed by atoms with Crippen molar-refractivity contribution in [2.45, 2.75) is 26.4 Å². The lowest BCUT2D eigenvalue weighted by molar-refractivity contribution is -0.137. The first-order chi connectivity index (χ1) is 12.2. The number of carbonyl (C=O) groups excluding carboxylic acids is 1. The van der Waals surface area contributed by atoms with Crippen LogP contribution >= 0.6 is 11.3 Å². The van der Waals surface area contributed by atoms with Crippen molar-refractivity contribution in [3.8, 4) is 0 Å². The van der Waals surface area contributed by atoms with Crippen molar-refractivity contribution >= 4 is 22.2 Å². The zero-order valence-corrected chi connectivity index (χ0v) is 14.7. The SMILES string of the molecule is Cc1nocc1C(=O)Nc1sc(Cc2cccc(C(F)(F)F)c2)nc1C. The molecule has 0 saturated carbocycles. The van der Waals surface area contributed by atoms with E-state index in [0.29, 0.717) is 32.5 Å². The number of hydrogen-bond donors (Lipinski definition) is 1. The summed E-state index contributed by atoms with van der Waals surface area (Å²) in [4.78, 5) is 16.6. The van der Waals surface area contributed by atoms with E-state index < -0.39 is 11.7 Å². The first-order valence-corrected chi connectivity index (χ1v) is 8.40. The molecule has 1 aromatic carbocycles. The molecule has 0 atom stereocenters. The fourth-order valence-corrected chi connectivity index (χ4v) is 3.35. The summed E-state index contributed by atoms with van der Waals surface area (Å²) in [6.45, 7) is 3.37. The van der Waals surface area contributed by atoms with Crippen LogP contribution in [0.2, 0.25) is 0 Å². The fraction of sp³-hybridized carbons (Fsp3) is 0.235. The number of alkyl halides is 3. The molecular weight excluding hydrogens is 367 g/mol. The van der Waals surface area contributed by atoms with Gasteiger partial charge in [0.05, 0.1) is 22.0 Å². The van der Waals surface area contributed by atoms with Crippen LogP contribution in [0, 0.1) is 13.8 Å². The summed E-state index contributed by atoms with van der Waals surface area (Å²) >= 11 is 1.22. The van der Waals surface area contributed by atoms with Crippen LogP contribution in [0.15, 0.2) is 35.1 Å². The third-order valence-electron chi connectivity index (χ3n) is 3.67. The second kappa shape index (κ2) is 6.91. The predicted octanol–water partition coefficient (Wildman–Crippen LogP) is 4.61. The minimum absolute atomic E-state index is 0.248. The maximum atomic E-state index is 12.8. The lowest BCUT2D eigenvalue weighted by atomic mass is 10.1. The smallest absolute Gasteiger partial charge is 0.364 e. The maximum Gasteiger partial charge on any atom is 0.416 e. The first kappa shape index (κ1) is 18.1. The second-order valence-electron chi connectivity index (χ2n) is 5.66. The lowest BCUT2D eigenvalue weighted by Crippen LogP contribution is -2.12. The largest absolute Gasteiger partial charge is 0.416 e. The number of nitrogens with zero attached hydrogens (tertiary/aromatic N) is 2. The molecule has 3 rings (SSSR count). The summed E-state index contributed by atoms with van der Waals surface area (Å²) < 4.78 is 43.2. The number of nitrogens with one attached hydrogen (secondary N) is 1. The number of halogens is 3. The summed E-state index contributed by atoms with van der Waals surface area (Å²) in [5, 5.41) is 7.53. The Labute approximate surface area is 150 Å². The molecule has 0 aliphatic carbocycles. The Bertz CT molecular complexity index is 947. The third-order valence-corrected chi connectivity index (χ3v) is 4.75. The van der Waals surface area contributed by atoms with Gasteiger partial charge >= 0.3 is 6.18 Å². The molecule has 0 unspecified atom stereocenters. The zero-order valence-electron chi connectivity index (χ0n) is 13.8. The Balaban J connectivity index is 1.76. The minimum Gasteiger partial charge on any atom is -0.364 e. The molecule has 9 heteroatoms. The summed E-state index contributed by atoms with van der Waals surface area (Å²) in [6, 6.07) is 5.12. The number of hydrogen-bond acceptors (Lipinski definition) is 5. The van der Waals surface area contributed by atoms with E-state index in [9.17, 15) is 18.0 Å². The number of carbonyl (C=O) groups is 1. The van der Waals surface area contributed by atoms with E-state index in [0.717, 1.165) is 12.1 Å². The standard InChI is InChI=1S/C17H14F3N3O2S/c1-9-13(8-25-23-9)15(24)22-16-10(2)21-14(26-16)7-11-4-3-5-12(6-11)17(18,19)20/h3-6,8H,7H2,1-2H3,(H,22,24). The Hall–Kier alpha value is -2.68. The van der Waals surface area contributed by atoms with Crippen LogP contribution in [0.5, 0.6) is 0 Å². The number of aromatic nitrogens is 2. The summed E-state index contributed by atoms with van der Waals surface area (Å²) in [6.07, 6.45) is -2.88. The number of benzene rings is 1. The summed E-state index contributed by atoms with van der Waals surface area (Å²) in [5.41, 5.74) is 1.19. The molecule has 26 heavy (non-hydrogen) atoms. The normalized spacial score (nSPS) is 11.6. The number of amides is 1. The highest BCUT2D eigenvalue weighted by molar-refractivity contribution is 7.16. The molecule has 0 spiro atoms. The van der Waals surface area contributed by atoms with Gasteiger partial charge in [0.25, 0.3) is 5.91 Å². The highest BCUT2D eigenvalue weighted by Gasteiger charge is 2.30. The second-order valence-corrected chi connectivity index (χ2v) is 6.75. The van der Waals surface area contributed by atoms with Gasteiger partial charge in [0, 0.05) is 6.42 Å². The molecule has 0 aliphatic rings. The molecule has 1 N–H and O–H groups in total. The van der Waals surface area contributed by atoms with Crippen LogP contribution in [0.1, 0.15) is 37.9 Å². The monoisotopic (exact) mass is 381 g/mol. The Morgan fingerprint density at radius 2 is 2.04 bits per heavy atom. The van der Waals surface area contributed by atoms with Gasteiger partial charge < -0.3 is 9.84 Å². The van der Waals surface area contributed by atoms with Crippen molar-refractivity contribution in [3.63, 3.8) is 0 Å². The number of aryl methyl sites for hydroxylation is 2. The van der Waals surface area contributed by atoms with E-state index in [1.807, 2.05) is 0 Å². The van der Waals surface area contributed by atoms with Crippen LogP contribution < -0.4 is 5.32 Å². The van der Waals surface area contributed by atoms with Crippen molar-refractivity contribution in [1.82, 2.24) is 10.1 Å².